The molecule has 0 saturated heterocycles. The Morgan fingerprint density at radius 3 is 2.59 bits per heavy atom. The Morgan fingerprint density at radius 1 is 1.19 bits per heavy atom. The summed E-state index contributed by atoms with van der Waals surface area (Å²) in [5.74, 6) is -0.272. The quantitative estimate of drug-likeness (QED) is 0.590. The van der Waals surface area contributed by atoms with Crippen LogP contribution >= 0.6 is 11.8 Å². The average molecular weight is 383 g/mol. The smallest absolute Gasteiger partial charge is 0.216 e. The number of hydrogen-bond acceptors (Lipinski definition) is 4. The van der Waals surface area contributed by atoms with Crippen LogP contribution in [-0.4, -0.2) is 30.8 Å². The number of rotatable bonds is 6. The highest BCUT2D eigenvalue weighted by Crippen LogP contribution is 2.26. The summed E-state index contributed by atoms with van der Waals surface area (Å²) in [7, 11) is 0. The van der Waals surface area contributed by atoms with Gasteiger partial charge in [0.2, 0.25) is 5.12 Å². The summed E-state index contributed by atoms with van der Waals surface area (Å²) in [6.45, 7) is 1.41. The molecule has 1 unspecified atom stereocenters. The highest BCUT2D eigenvalue weighted by atomic mass is 32.2. The summed E-state index contributed by atoms with van der Waals surface area (Å²) in [4.78, 5) is 16.8. The molecule has 0 spiro atoms. The first kappa shape index (κ1) is 19.3. The van der Waals surface area contributed by atoms with Gasteiger partial charge in [-0.3, -0.25) is 9.79 Å². The summed E-state index contributed by atoms with van der Waals surface area (Å²) in [6.07, 6.45) is 4.13. The number of nitrogens with one attached hydrogen (secondary N) is 2. The Bertz CT molecular complexity index is 834. The number of carbonyl (C=O) groups is 1. The van der Waals surface area contributed by atoms with Crippen molar-refractivity contribution < 1.29 is 9.18 Å². The number of hydrogen-bond donors (Lipinski definition) is 2. The standard InChI is InChI=1S/C21H22FN3OS/c1-27-21(26)18-11-12-23-13-19(18)24-14-25-20(15-5-3-2-4-6-15)16-7-9-17(22)10-8-16/h2-10,14,20,23H,11-13H2,1H3,(H,24,25). The highest BCUT2D eigenvalue weighted by molar-refractivity contribution is 8.13. The molecule has 2 aromatic carbocycles. The molecule has 1 atom stereocenters. The molecule has 6 heteroatoms. The highest BCUT2D eigenvalue weighted by Gasteiger charge is 2.18. The Hall–Kier alpha value is -2.44. The molecule has 140 valence electrons. The van der Waals surface area contributed by atoms with Crippen LogP contribution in [0.2, 0.25) is 0 Å². The molecular weight excluding hydrogens is 361 g/mol. The van der Waals surface area contributed by atoms with Crippen molar-refractivity contribution in [3.05, 3.63) is 82.8 Å². The second-order valence-corrected chi connectivity index (χ2v) is 6.94. The minimum Gasteiger partial charge on any atom is -0.349 e. The molecule has 0 aliphatic carbocycles. The van der Waals surface area contributed by atoms with Crippen LogP contribution in [0.5, 0.6) is 0 Å². The van der Waals surface area contributed by atoms with E-state index in [0.717, 1.165) is 28.9 Å². The van der Waals surface area contributed by atoms with Gasteiger partial charge in [0.1, 0.15) is 11.9 Å². The lowest BCUT2D eigenvalue weighted by molar-refractivity contribution is -0.108. The monoisotopic (exact) mass is 383 g/mol. The molecule has 0 aromatic heterocycles. The normalized spacial score (nSPS) is 15.8. The van der Waals surface area contributed by atoms with Crippen LogP contribution in [0.25, 0.3) is 0 Å². The third-order valence-corrected chi connectivity index (χ3v) is 5.03. The molecule has 27 heavy (non-hydrogen) atoms. The fraction of sp³-hybridized carbons (Fsp3) is 0.238. The van der Waals surface area contributed by atoms with Gasteiger partial charge >= 0.3 is 0 Å². The zero-order chi connectivity index (χ0) is 19.1. The maximum absolute atomic E-state index is 13.3. The molecule has 0 saturated carbocycles. The average Bonchev–Trinajstić information content (AvgIpc) is 2.72. The SMILES string of the molecule is CSC(=O)C1=C(NC=NC(c2ccccc2)c2ccc(F)cc2)CNCC1. The van der Waals surface area contributed by atoms with Gasteiger partial charge in [-0.1, -0.05) is 54.2 Å². The van der Waals surface area contributed by atoms with Crippen molar-refractivity contribution in [3.63, 3.8) is 0 Å². The van der Waals surface area contributed by atoms with Gasteiger partial charge < -0.3 is 10.6 Å². The molecule has 1 aliphatic heterocycles. The van der Waals surface area contributed by atoms with Crippen LogP contribution in [0.4, 0.5) is 4.39 Å². The molecule has 2 aromatic rings. The summed E-state index contributed by atoms with van der Waals surface area (Å²) in [5, 5.41) is 6.54. The molecule has 0 bridgehead atoms. The number of aliphatic imine (C=N–C) groups is 1. The minimum atomic E-state index is -0.272. The van der Waals surface area contributed by atoms with E-state index < -0.39 is 0 Å². The fourth-order valence-corrected chi connectivity index (χ4v) is 3.48. The van der Waals surface area contributed by atoms with Gasteiger partial charge in [-0.05, 0) is 42.5 Å². The Kier molecular flexibility index (Phi) is 6.79. The molecule has 0 radical (unpaired) electrons. The molecule has 1 heterocycles. The van der Waals surface area contributed by atoms with Crippen molar-refractivity contribution in [3.8, 4) is 0 Å². The lowest BCUT2D eigenvalue weighted by Gasteiger charge is -2.20. The Balaban J connectivity index is 1.84. The number of halogens is 1. The van der Waals surface area contributed by atoms with Gasteiger partial charge in [0.05, 0.1) is 6.34 Å². The van der Waals surface area contributed by atoms with E-state index in [-0.39, 0.29) is 17.0 Å². The first-order valence-electron chi connectivity index (χ1n) is 8.78. The first-order chi connectivity index (χ1) is 13.2. The van der Waals surface area contributed by atoms with Gasteiger partial charge in [0.15, 0.2) is 0 Å². The van der Waals surface area contributed by atoms with E-state index in [0.29, 0.717) is 13.0 Å². The van der Waals surface area contributed by atoms with E-state index in [1.54, 1.807) is 24.7 Å². The van der Waals surface area contributed by atoms with Gasteiger partial charge in [-0.2, -0.15) is 0 Å². The third kappa shape index (κ3) is 5.05. The fourth-order valence-electron chi connectivity index (χ4n) is 3.01. The molecule has 0 amide bonds. The van der Waals surface area contributed by atoms with Crippen LogP contribution in [0.15, 0.2) is 70.9 Å². The van der Waals surface area contributed by atoms with Crippen molar-refractivity contribution in [2.45, 2.75) is 12.5 Å². The van der Waals surface area contributed by atoms with Crippen LogP contribution in [0, 0.1) is 5.82 Å². The first-order valence-corrected chi connectivity index (χ1v) is 10.0. The number of benzene rings is 2. The van der Waals surface area contributed by atoms with E-state index in [1.165, 1.54) is 23.9 Å². The van der Waals surface area contributed by atoms with Gasteiger partial charge in [-0.25, -0.2) is 4.39 Å². The van der Waals surface area contributed by atoms with Crippen molar-refractivity contribution in [2.75, 3.05) is 19.3 Å². The maximum Gasteiger partial charge on any atom is 0.216 e. The topological polar surface area (TPSA) is 53.5 Å². The van der Waals surface area contributed by atoms with Gasteiger partial charge in [0, 0.05) is 17.8 Å². The molecule has 1 aliphatic rings. The molecular formula is C21H22FN3OS. The lowest BCUT2D eigenvalue weighted by Crippen LogP contribution is -2.33. The summed E-state index contributed by atoms with van der Waals surface area (Å²) in [6, 6.07) is 16.0. The maximum atomic E-state index is 13.3. The molecule has 4 nitrogen and oxygen atoms in total. The second kappa shape index (κ2) is 9.48. The number of thioether (sulfide) groups is 1. The van der Waals surface area contributed by atoms with Crippen molar-refractivity contribution in [2.24, 2.45) is 4.99 Å². The van der Waals surface area contributed by atoms with E-state index in [1.807, 2.05) is 30.3 Å². The zero-order valence-electron chi connectivity index (χ0n) is 15.1. The zero-order valence-corrected chi connectivity index (χ0v) is 15.9. The lowest BCUT2D eigenvalue weighted by atomic mass is 9.99. The Morgan fingerprint density at radius 2 is 1.89 bits per heavy atom. The van der Waals surface area contributed by atoms with E-state index in [4.69, 9.17) is 0 Å². The molecule has 0 fully saturated rings. The van der Waals surface area contributed by atoms with Gasteiger partial charge in [0.25, 0.3) is 0 Å². The van der Waals surface area contributed by atoms with Crippen LogP contribution < -0.4 is 10.6 Å². The van der Waals surface area contributed by atoms with Crippen molar-refractivity contribution in [1.82, 2.24) is 10.6 Å². The van der Waals surface area contributed by atoms with Crippen LogP contribution in [0.1, 0.15) is 23.6 Å². The Labute approximate surface area is 163 Å². The number of nitrogens with zero attached hydrogens (tertiary/aromatic N) is 1. The van der Waals surface area contributed by atoms with Crippen LogP contribution in [0.3, 0.4) is 0 Å². The van der Waals surface area contributed by atoms with E-state index >= 15 is 0 Å². The predicted molar refractivity (Wildman–Crippen MR) is 109 cm³/mol. The van der Waals surface area contributed by atoms with E-state index in [9.17, 15) is 9.18 Å². The van der Waals surface area contributed by atoms with Crippen LogP contribution in [-0.2, 0) is 4.79 Å². The van der Waals surface area contributed by atoms with E-state index in [2.05, 4.69) is 15.6 Å². The van der Waals surface area contributed by atoms with Gasteiger partial charge in [-0.15, -0.1) is 0 Å². The molecule has 3 rings (SSSR count). The van der Waals surface area contributed by atoms with Crippen molar-refractivity contribution in [1.29, 1.82) is 0 Å². The summed E-state index contributed by atoms with van der Waals surface area (Å²) >= 11 is 1.23. The minimum absolute atomic E-state index is 0.0885. The number of carbonyl (C=O) groups excluding carboxylic acids is 1. The third-order valence-electron chi connectivity index (χ3n) is 4.41. The molecule has 2 N–H and O–H groups in total. The second-order valence-electron chi connectivity index (χ2n) is 6.16. The summed E-state index contributed by atoms with van der Waals surface area (Å²) in [5.41, 5.74) is 3.58. The largest absolute Gasteiger partial charge is 0.349 e. The summed E-state index contributed by atoms with van der Waals surface area (Å²) < 4.78 is 13.3. The van der Waals surface area contributed by atoms with Crippen molar-refractivity contribution >= 4 is 23.2 Å². The predicted octanol–water partition coefficient (Wildman–Crippen LogP) is 3.67.